The van der Waals surface area contributed by atoms with E-state index in [2.05, 4.69) is 6.58 Å². The minimum atomic E-state index is -4.16. The number of benzene rings is 1. The first-order valence-corrected chi connectivity index (χ1v) is 6.86. The number of rotatable bonds is 3. The second kappa shape index (κ2) is 4.63. The molecule has 0 amide bonds. The molecule has 0 spiro atoms. The molecule has 0 bridgehead atoms. The van der Waals surface area contributed by atoms with Crippen LogP contribution in [-0.2, 0) is 10.1 Å². The van der Waals surface area contributed by atoms with Gasteiger partial charge in [0.25, 0.3) is 10.1 Å². The molecule has 4 heteroatoms. The third-order valence-corrected chi connectivity index (χ3v) is 3.70. The van der Waals surface area contributed by atoms with Crippen molar-refractivity contribution < 1.29 is 13.0 Å². The fraction of sp³-hybridized carbons (Fsp3) is 0.385. The van der Waals surface area contributed by atoms with Crippen molar-refractivity contribution in [2.45, 2.75) is 38.5 Å². The summed E-state index contributed by atoms with van der Waals surface area (Å²) in [6.45, 7) is 11.4. The highest BCUT2D eigenvalue weighted by atomic mass is 32.2. The van der Waals surface area contributed by atoms with Gasteiger partial charge < -0.3 is 0 Å². The highest BCUT2D eigenvalue weighted by Crippen LogP contribution is 2.29. The van der Waals surface area contributed by atoms with Crippen LogP contribution in [-0.4, -0.2) is 13.0 Å². The zero-order valence-corrected chi connectivity index (χ0v) is 11.4. The van der Waals surface area contributed by atoms with Gasteiger partial charge in [-0.3, -0.25) is 4.55 Å². The van der Waals surface area contributed by atoms with E-state index in [9.17, 15) is 8.42 Å². The monoisotopic (exact) mass is 254 g/mol. The first kappa shape index (κ1) is 13.9. The molecule has 3 nitrogen and oxygen atoms in total. The topological polar surface area (TPSA) is 54.4 Å². The van der Waals surface area contributed by atoms with Crippen LogP contribution < -0.4 is 0 Å². The van der Waals surface area contributed by atoms with Gasteiger partial charge in [0.2, 0.25) is 0 Å². The van der Waals surface area contributed by atoms with Gasteiger partial charge in [-0.2, -0.15) is 8.42 Å². The zero-order valence-electron chi connectivity index (χ0n) is 10.6. The summed E-state index contributed by atoms with van der Waals surface area (Å²) < 4.78 is 31.6. The minimum Gasteiger partial charge on any atom is -0.282 e. The van der Waals surface area contributed by atoms with Crippen LogP contribution >= 0.6 is 0 Å². The lowest BCUT2D eigenvalue weighted by atomic mass is 9.92. The summed E-state index contributed by atoms with van der Waals surface area (Å²) in [5.74, 6) is 0.169. The predicted octanol–water partition coefficient (Wildman–Crippen LogP) is 3.40. The van der Waals surface area contributed by atoms with Gasteiger partial charge in [-0.25, -0.2) is 0 Å². The Morgan fingerprint density at radius 3 is 2.24 bits per heavy atom. The Hall–Kier alpha value is -1.13. The first-order chi connectivity index (χ1) is 7.64. The van der Waals surface area contributed by atoms with Gasteiger partial charge >= 0.3 is 0 Å². The van der Waals surface area contributed by atoms with Crippen molar-refractivity contribution in [2.24, 2.45) is 0 Å². The molecule has 94 valence electrons. The van der Waals surface area contributed by atoms with Crippen LogP contribution in [0.5, 0.6) is 0 Å². The van der Waals surface area contributed by atoms with Gasteiger partial charge in [-0.05, 0) is 42.5 Å². The van der Waals surface area contributed by atoms with Gasteiger partial charge in [-0.1, -0.05) is 32.1 Å². The lowest BCUT2D eigenvalue weighted by Crippen LogP contribution is -2.05. The molecule has 1 N–H and O–H groups in total. The van der Waals surface area contributed by atoms with Gasteiger partial charge in [0, 0.05) is 0 Å². The molecule has 0 radical (unpaired) electrons. The molecule has 1 aromatic rings. The molecule has 0 aliphatic carbocycles. The normalized spacial score (nSPS) is 11.9. The van der Waals surface area contributed by atoms with E-state index >= 15 is 0 Å². The summed E-state index contributed by atoms with van der Waals surface area (Å²) in [5.41, 5.74) is 3.26. The van der Waals surface area contributed by atoms with E-state index in [1.165, 1.54) is 0 Å². The maximum Gasteiger partial charge on any atom is 0.294 e. The lowest BCUT2D eigenvalue weighted by molar-refractivity contribution is 0.482. The van der Waals surface area contributed by atoms with E-state index in [1.807, 2.05) is 20.8 Å². The molecular formula is C13H18O3S. The van der Waals surface area contributed by atoms with Gasteiger partial charge in [0.05, 0.1) is 4.90 Å². The predicted molar refractivity (Wildman–Crippen MR) is 69.8 cm³/mol. The molecule has 0 unspecified atom stereocenters. The Kier molecular flexibility index (Phi) is 3.79. The summed E-state index contributed by atoms with van der Waals surface area (Å²) in [7, 11) is -4.16. The number of allylic oxidation sites excluding steroid dienone is 1. The van der Waals surface area contributed by atoms with Crippen LogP contribution in [0, 0.1) is 6.92 Å². The SMILES string of the molecule is C=C(C)c1cc(C)c(S(=O)(=O)O)cc1C(C)C. The fourth-order valence-electron chi connectivity index (χ4n) is 1.83. The smallest absolute Gasteiger partial charge is 0.282 e. The Morgan fingerprint density at radius 1 is 1.35 bits per heavy atom. The molecule has 0 saturated heterocycles. The van der Waals surface area contributed by atoms with Crippen LogP contribution in [0.2, 0.25) is 0 Å². The Balaban J connectivity index is 3.63. The maximum absolute atomic E-state index is 11.2. The van der Waals surface area contributed by atoms with E-state index < -0.39 is 10.1 Å². The zero-order chi connectivity index (χ0) is 13.4. The quantitative estimate of drug-likeness (QED) is 0.841. The molecule has 1 rings (SSSR count). The van der Waals surface area contributed by atoms with Crippen molar-refractivity contribution in [3.05, 3.63) is 35.4 Å². The second-order valence-corrected chi connectivity index (χ2v) is 6.01. The van der Waals surface area contributed by atoms with Crippen LogP contribution in [0.15, 0.2) is 23.6 Å². The van der Waals surface area contributed by atoms with Crippen molar-refractivity contribution in [3.8, 4) is 0 Å². The molecule has 1 aromatic carbocycles. The highest BCUT2D eigenvalue weighted by molar-refractivity contribution is 7.85. The van der Waals surface area contributed by atoms with E-state index in [4.69, 9.17) is 4.55 Å². The summed E-state index contributed by atoms with van der Waals surface area (Å²) in [5, 5.41) is 0. The summed E-state index contributed by atoms with van der Waals surface area (Å²) >= 11 is 0. The van der Waals surface area contributed by atoms with E-state index in [0.29, 0.717) is 5.56 Å². The first-order valence-electron chi connectivity index (χ1n) is 5.42. The van der Waals surface area contributed by atoms with Gasteiger partial charge in [-0.15, -0.1) is 0 Å². The lowest BCUT2D eigenvalue weighted by Gasteiger charge is -2.16. The third kappa shape index (κ3) is 2.96. The Morgan fingerprint density at radius 2 is 1.88 bits per heavy atom. The fourth-order valence-corrected chi connectivity index (χ4v) is 2.57. The van der Waals surface area contributed by atoms with Crippen molar-refractivity contribution in [1.29, 1.82) is 0 Å². The van der Waals surface area contributed by atoms with E-state index in [0.717, 1.165) is 16.7 Å². The van der Waals surface area contributed by atoms with Gasteiger partial charge in [0.1, 0.15) is 0 Å². The van der Waals surface area contributed by atoms with Crippen molar-refractivity contribution in [2.75, 3.05) is 0 Å². The number of hydrogen-bond acceptors (Lipinski definition) is 2. The summed E-state index contributed by atoms with van der Waals surface area (Å²) in [4.78, 5) is -0.0220. The molecule has 17 heavy (non-hydrogen) atoms. The molecule has 0 fully saturated rings. The molecule has 0 atom stereocenters. The van der Waals surface area contributed by atoms with E-state index in [1.54, 1.807) is 19.1 Å². The van der Waals surface area contributed by atoms with Crippen LogP contribution in [0.25, 0.3) is 5.57 Å². The summed E-state index contributed by atoms with van der Waals surface area (Å²) in [6.07, 6.45) is 0. The third-order valence-electron chi connectivity index (χ3n) is 2.71. The molecule has 0 aliphatic rings. The maximum atomic E-state index is 11.2. The largest absolute Gasteiger partial charge is 0.294 e. The number of hydrogen-bond donors (Lipinski definition) is 1. The Bertz CT molecular complexity index is 554. The number of aryl methyl sites for hydroxylation is 1. The molecule has 0 heterocycles. The van der Waals surface area contributed by atoms with Crippen molar-refractivity contribution in [1.82, 2.24) is 0 Å². The summed E-state index contributed by atoms with van der Waals surface area (Å²) in [6, 6.07) is 3.31. The minimum absolute atomic E-state index is 0.0220. The van der Waals surface area contributed by atoms with Crippen LogP contribution in [0.4, 0.5) is 0 Å². The van der Waals surface area contributed by atoms with Crippen molar-refractivity contribution >= 4 is 15.7 Å². The highest BCUT2D eigenvalue weighted by Gasteiger charge is 2.18. The average Bonchev–Trinajstić information content (AvgIpc) is 2.14. The molecule has 0 aromatic heterocycles. The van der Waals surface area contributed by atoms with Crippen molar-refractivity contribution in [3.63, 3.8) is 0 Å². The van der Waals surface area contributed by atoms with Crippen LogP contribution in [0.3, 0.4) is 0 Å². The molecule has 0 aliphatic heterocycles. The molecular weight excluding hydrogens is 236 g/mol. The van der Waals surface area contributed by atoms with E-state index in [-0.39, 0.29) is 10.8 Å². The van der Waals surface area contributed by atoms with Gasteiger partial charge in [0.15, 0.2) is 0 Å². The standard InChI is InChI=1S/C13H18O3S/c1-8(2)11-6-10(5)13(17(14,15)16)7-12(11)9(3)4/h6-7,9H,1H2,2-5H3,(H,14,15,16). The average molecular weight is 254 g/mol. The second-order valence-electron chi connectivity index (χ2n) is 4.62. The van der Waals surface area contributed by atoms with Crippen LogP contribution in [0.1, 0.15) is 43.4 Å². The Labute approximate surface area is 103 Å². The molecule has 0 saturated carbocycles.